The van der Waals surface area contributed by atoms with Crippen molar-refractivity contribution < 1.29 is 28.5 Å². The lowest BCUT2D eigenvalue weighted by Gasteiger charge is -2.24. The minimum absolute atomic E-state index is 0.000485. The fraction of sp³-hybridized carbons (Fsp3) is 0.333. The summed E-state index contributed by atoms with van der Waals surface area (Å²) in [6.07, 6.45) is -2.90. The molecule has 4 rings (SSSR count). The van der Waals surface area contributed by atoms with E-state index in [-0.39, 0.29) is 19.8 Å². The van der Waals surface area contributed by atoms with Crippen LogP contribution in [0.15, 0.2) is 82.5 Å². The molecule has 1 aromatic heterocycles. The lowest BCUT2D eigenvalue weighted by Crippen LogP contribution is -2.45. The lowest BCUT2D eigenvalue weighted by molar-refractivity contribution is -0.166. The Bertz CT molecular complexity index is 1340. The average Bonchev–Trinajstić information content (AvgIpc) is 3.18. The van der Waals surface area contributed by atoms with E-state index in [9.17, 15) is 19.2 Å². The number of esters is 2. The van der Waals surface area contributed by atoms with E-state index in [0.717, 1.165) is 15.7 Å². The quantitative estimate of drug-likeness (QED) is 0.404. The molecule has 1 fully saturated rings. The van der Waals surface area contributed by atoms with Crippen molar-refractivity contribution in [3.8, 4) is 0 Å². The van der Waals surface area contributed by atoms with Crippen molar-refractivity contribution in [2.24, 2.45) is 0 Å². The van der Waals surface area contributed by atoms with Crippen LogP contribution in [-0.4, -0.2) is 46.0 Å². The van der Waals surface area contributed by atoms with Crippen LogP contribution in [0, 0.1) is 0 Å². The molecule has 1 saturated heterocycles. The Balaban J connectivity index is 1.64. The van der Waals surface area contributed by atoms with Crippen molar-refractivity contribution in [3.63, 3.8) is 0 Å². The van der Waals surface area contributed by atoms with Crippen LogP contribution in [0.1, 0.15) is 31.2 Å². The number of carbonyl (C=O) groups is 2. The number of carbonyl (C=O) groups excluding carboxylic acids is 2. The highest BCUT2D eigenvalue weighted by molar-refractivity contribution is 5.67. The van der Waals surface area contributed by atoms with Gasteiger partial charge in [0.05, 0.1) is 19.8 Å². The molecular weight excluding hydrogens is 480 g/mol. The van der Waals surface area contributed by atoms with Gasteiger partial charge >= 0.3 is 17.6 Å². The van der Waals surface area contributed by atoms with Gasteiger partial charge in [0.1, 0.15) is 6.10 Å². The molecule has 10 nitrogen and oxygen atoms in total. The van der Waals surface area contributed by atoms with E-state index in [1.54, 1.807) is 12.1 Å². The standard InChI is InChI=1S/C27H28N2O8/c1-18(30)35-24-22(17-34-16-21-11-7-4-8-12-21)37-26(25(24)36-19(2)31)28-14-13-23(32)29(27(28)33)15-20-9-5-3-6-10-20/h3-14,22,24-26H,15-17H2,1-2H3/t22-,24-,25-,26-/m1/s1. The van der Waals surface area contributed by atoms with Crippen molar-refractivity contribution in [2.75, 3.05) is 6.61 Å². The molecule has 3 aromatic rings. The maximum Gasteiger partial charge on any atom is 0.333 e. The number of benzene rings is 2. The Morgan fingerprint density at radius 3 is 2.05 bits per heavy atom. The summed E-state index contributed by atoms with van der Waals surface area (Å²) in [5.74, 6) is -1.26. The van der Waals surface area contributed by atoms with Crippen LogP contribution in [0.2, 0.25) is 0 Å². The van der Waals surface area contributed by atoms with Gasteiger partial charge in [0, 0.05) is 26.1 Å². The smallest absolute Gasteiger partial charge is 0.333 e. The van der Waals surface area contributed by atoms with Crippen LogP contribution >= 0.6 is 0 Å². The highest BCUT2D eigenvalue weighted by atomic mass is 16.7. The third-order valence-corrected chi connectivity index (χ3v) is 5.84. The summed E-state index contributed by atoms with van der Waals surface area (Å²) in [6.45, 7) is 2.76. The van der Waals surface area contributed by atoms with Gasteiger partial charge < -0.3 is 18.9 Å². The minimum atomic E-state index is -1.16. The molecule has 4 atom stereocenters. The van der Waals surface area contributed by atoms with Crippen LogP contribution in [0.4, 0.5) is 0 Å². The molecule has 0 spiro atoms. The van der Waals surface area contributed by atoms with Gasteiger partial charge in [-0.3, -0.25) is 23.5 Å². The molecule has 0 unspecified atom stereocenters. The summed E-state index contributed by atoms with van der Waals surface area (Å²) in [5, 5.41) is 0. The van der Waals surface area contributed by atoms with Crippen LogP contribution in [0.5, 0.6) is 0 Å². The van der Waals surface area contributed by atoms with E-state index in [1.165, 1.54) is 30.7 Å². The largest absolute Gasteiger partial charge is 0.456 e. The topological polar surface area (TPSA) is 115 Å². The molecule has 10 heteroatoms. The molecule has 0 N–H and O–H groups in total. The third kappa shape index (κ3) is 6.41. The lowest BCUT2D eigenvalue weighted by atomic mass is 10.1. The Morgan fingerprint density at radius 1 is 0.838 bits per heavy atom. The summed E-state index contributed by atoms with van der Waals surface area (Å²) in [6, 6.07) is 19.7. The second kappa shape index (κ2) is 11.8. The molecule has 1 aliphatic heterocycles. The molecule has 0 amide bonds. The van der Waals surface area contributed by atoms with Crippen LogP contribution in [0.3, 0.4) is 0 Å². The fourth-order valence-electron chi connectivity index (χ4n) is 4.22. The SMILES string of the molecule is CC(=O)O[C@@H]1[C@H](OC(C)=O)[C@@H](COCc2ccccc2)O[C@H]1n1ccc(=O)n(Cc2ccccc2)c1=O. The fourth-order valence-corrected chi connectivity index (χ4v) is 4.22. The van der Waals surface area contributed by atoms with Crippen molar-refractivity contribution >= 4 is 11.9 Å². The number of ether oxygens (including phenoxy) is 4. The molecule has 194 valence electrons. The van der Waals surface area contributed by atoms with E-state index in [0.29, 0.717) is 0 Å². The average molecular weight is 509 g/mol. The van der Waals surface area contributed by atoms with Gasteiger partial charge in [-0.25, -0.2) is 4.79 Å². The summed E-state index contributed by atoms with van der Waals surface area (Å²) < 4.78 is 25.1. The van der Waals surface area contributed by atoms with E-state index in [2.05, 4.69) is 0 Å². The molecule has 1 aliphatic rings. The predicted octanol–water partition coefficient (Wildman–Crippen LogP) is 2.04. The molecule has 2 heterocycles. The van der Waals surface area contributed by atoms with Crippen molar-refractivity contribution in [3.05, 3.63) is 105 Å². The zero-order valence-electron chi connectivity index (χ0n) is 20.5. The summed E-state index contributed by atoms with van der Waals surface area (Å²) in [5.41, 5.74) is 0.535. The van der Waals surface area contributed by atoms with Gasteiger partial charge in [0.2, 0.25) is 0 Å². The molecule has 37 heavy (non-hydrogen) atoms. The zero-order valence-corrected chi connectivity index (χ0v) is 20.5. The van der Waals surface area contributed by atoms with E-state index < -0.39 is 47.7 Å². The third-order valence-electron chi connectivity index (χ3n) is 5.84. The molecule has 0 radical (unpaired) electrons. The molecule has 0 saturated carbocycles. The van der Waals surface area contributed by atoms with Gasteiger partial charge in [-0.2, -0.15) is 0 Å². The van der Waals surface area contributed by atoms with Gasteiger partial charge in [0.25, 0.3) is 5.56 Å². The van der Waals surface area contributed by atoms with Crippen molar-refractivity contribution in [1.82, 2.24) is 9.13 Å². The van der Waals surface area contributed by atoms with Crippen LogP contribution < -0.4 is 11.2 Å². The highest BCUT2D eigenvalue weighted by Gasteiger charge is 2.50. The maximum absolute atomic E-state index is 13.4. The second-order valence-electron chi connectivity index (χ2n) is 8.63. The Hall–Kier alpha value is -4.02. The Morgan fingerprint density at radius 2 is 1.43 bits per heavy atom. The number of hydrogen-bond donors (Lipinski definition) is 0. The van der Waals surface area contributed by atoms with E-state index in [1.807, 2.05) is 48.5 Å². The highest BCUT2D eigenvalue weighted by Crippen LogP contribution is 2.33. The molecule has 0 aliphatic carbocycles. The summed E-state index contributed by atoms with van der Waals surface area (Å²) in [4.78, 5) is 49.8. The van der Waals surface area contributed by atoms with E-state index in [4.69, 9.17) is 18.9 Å². The van der Waals surface area contributed by atoms with E-state index >= 15 is 0 Å². The minimum Gasteiger partial charge on any atom is -0.456 e. The molecule has 0 bridgehead atoms. The maximum atomic E-state index is 13.4. The Labute approximate surface area is 213 Å². The van der Waals surface area contributed by atoms with Crippen molar-refractivity contribution in [1.29, 1.82) is 0 Å². The first kappa shape index (κ1) is 26.1. The molecule has 2 aromatic carbocycles. The van der Waals surface area contributed by atoms with Crippen LogP contribution in [-0.2, 0) is 41.7 Å². The first-order valence-corrected chi connectivity index (χ1v) is 11.8. The number of aromatic nitrogens is 2. The number of rotatable bonds is 9. The Kier molecular flexibility index (Phi) is 8.32. The second-order valence-corrected chi connectivity index (χ2v) is 8.63. The number of nitrogens with zero attached hydrogens (tertiary/aromatic N) is 2. The first-order valence-electron chi connectivity index (χ1n) is 11.8. The van der Waals surface area contributed by atoms with Gasteiger partial charge in [-0.15, -0.1) is 0 Å². The van der Waals surface area contributed by atoms with Gasteiger partial charge in [0.15, 0.2) is 18.4 Å². The van der Waals surface area contributed by atoms with Gasteiger partial charge in [-0.1, -0.05) is 60.7 Å². The van der Waals surface area contributed by atoms with Crippen molar-refractivity contribution in [2.45, 2.75) is 51.5 Å². The normalized spacial score (nSPS) is 20.9. The monoisotopic (exact) mass is 508 g/mol. The first-order chi connectivity index (χ1) is 17.8. The summed E-state index contributed by atoms with van der Waals surface area (Å²) in [7, 11) is 0. The van der Waals surface area contributed by atoms with Gasteiger partial charge in [-0.05, 0) is 11.1 Å². The zero-order chi connectivity index (χ0) is 26.4. The number of hydrogen-bond acceptors (Lipinski definition) is 8. The van der Waals surface area contributed by atoms with Crippen LogP contribution in [0.25, 0.3) is 0 Å². The predicted molar refractivity (Wildman–Crippen MR) is 132 cm³/mol. The summed E-state index contributed by atoms with van der Waals surface area (Å²) >= 11 is 0. The molecular formula is C27H28N2O8.